The molecule has 2 aromatic heterocycles. The van der Waals surface area contributed by atoms with Crippen LogP contribution in [0.5, 0.6) is 5.75 Å². The predicted molar refractivity (Wildman–Crippen MR) is 90.4 cm³/mol. The number of aryl methyl sites for hydroxylation is 1. The zero-order valence-corrected chi connectivity index (χ0v) is 13.4. The highest BCUT2D eigenvalue weighted by molar-refractivity contribution is 7.10. The normalized spacial score (nSPS) is 10.5. The number of hydrogen-bond donors (Lipinski definition) is 1. The first kappa shape index (κ1) is 14.5. The third kappa shape index (κ3) is 3.43. The molecule has 0 bridgehead atoms. The van der Waals surface area contributed by atoms with Crippen molar-refractivity contribution in [3.8, 4) is 16.9 Å². The molecule has 0 amide bonds. The van der Waals surface area contributed by atoms with Crippen molar-refractivity contribution in [2.45, 2.75) is 13.5 Å². The van der Waals surface area contributed by atoms with Crippen molar-refractivity contribution in [3.63, 3.8) is 0 Å². The lowest BCUT2D eigenvalue weighted by atomic mass is 10.1. The Morgan fingerprint density at radius 1 is 1.09 bits per heavy atom. The second-order valence-electron chi connectivity index (χ2n) is 4.97. The Kier molecular flexibility index (Phi) is 4.34. The van der Waals surface area contributed by atoms with Crippen molar-refractivity contribution in [2.24, 2.45) is 0 Å². The Morgan fingerprint density at radius 2 is 1.82 bits per heavy atom. The molecule has 2 heterocycles. The number of thiophene rings is 1. The van der Waals surface area contributed by atoms with Gasteiger partial charge in [-0.15, -0.1) is 11.3 Å². The first-order valence-electron chi connectivity index (χ1n) is 6.99. The number of methoxy groups -OCH3 is 1. The Bertz CT molecular complexity index is 735. The number of ether oxygens (including phenoxy) is 1. The number of anilines is 1. The maximum absolute atomic E-state index is 5.18. The Labute approximate surface area is 133 Å². The highest BCUT2D eigenvalue weighted by Crippen LogP contribution is 2.27. The van der Waals surface area contributed by atoms with E-state index in [-0.39, 0.29) is 0 Å². The largest absolute Gasteiger partial charge is 0.497 e. The number of benzene rings is 1. The topological polar surface area (TPSA) is 47.0 Å². The minimum absolute atomic E-state index is 0.657. The molecule has 0 aliphatic rings. The Hall–Kier alpha value is -2.40. The molecule has 0 aliphatic carbocycles. The molecule has 0 spiro atoms. The van der Waals surface area contributed by atoms with E-state index in [1.54, 1.807) is 18.4 Å². The third-order valence-corrected chi connectivity index (χ3v) is 4.22. The first-order chi connectivity index (χ1) is 10.7. The quantitative estimate of drug-likeness (QED) is 0.769. The smallest absolute Gasteiger partial charge is 0.222 e. The van der Waals surface area contributed by atoms with E-state index in [9.17, 15) is 0 Å². The van der Waals surface area contributed by atoms with E-state index in [1.165, 1.54) is 16.0 Å². The summed E-state index contributed by atoms with van der Waals surface area (Å²) in [6.45, 7) is 2.70. The molecule has 22 heavy (non-hydrogen) atoms. The van der Waals surface area contributed by atoms with Crippen molar-refractivity contribution < 1.29 is 4.74 Å². The number of nitrogens with one attached hydrogen (secondary N) is 1. The average Bonchev–Trinajstić information content (AvgIpc) is 3.03. The van der Waals surface area contributed by atoms with Crippen molar-refractivity contribution in [3.05, 3.63) is 58.5 Å². The Morgan fingerprint density at radius 3 is 2.50 bits per heavy atom. The van der Waals surface area contributed by atoms with Gasteiger partial charge in [0, 0.05) is 17.3 Å². The maximum atomic E-state index is 5.18. The molecule has 1 aromatic carbocycles. The van der Waals surface area contributed by atoms with Gasteiger partial charge in [0.05, 0.1) is 13.7 Å². The van der Waals surface area contributed by atoms with Crippen LogP contribution in [0.3, 0.4) is 0 Å². The second kappa shape index (κ2) is 6.58. The SMILES string of the molecule is COc1ccc(-c2csc(CNc3ncc(C)cn3)c2)cc1. The van der Waals surface area contributed by atoms with Crippen molar-refractivity contribution in [1.82, 2.24) is 9.97 Å². The molecule has 0 unspecified atom stereocenters. The zero-order chi connectivity index (χ0) is 15.4. The van der Waals surface area contributed by atoms with Gasteiger partial charge in [-0.1, -0.05) is 12.1 Å². The molecular weight excluding hydrogens is 294 g/mol. The van der Waals surface area contributed by atoms with E-state index >= 15 is 0 Å². The molecule has 0 saturated heterocycles. The van der Waals surface area contributed by atoms with Crippen LogP contribution in [-0.4, -0.2) is 17.1 Å². The first-order valence-corrected chi connectivity index (χ1v) is 7.87. The van der Waals surface area contributed by atoms with Gasteiger partial charge in [0.15, 0.2) is 0 Å². The fourth-order valence-electron chi connectivity index (χ4n) is 2.06. The number of nitrogens with zero attached hydrogens (tertiary/aromatic N) is 2. The lowest BCUT2D eigenvalue weighted by molar-refractivity contribution is 0.415. The molecule has 4 nitrogen and oxygen atoms in total. The summed E-state index contributed by atoms with van der Waals surface area (Å²) in [6.07, 6.45) is 3.62. The van der Waals surface area contributed by atoms with Crippen LogP contribution in [-0.2, 0) is 6.54 Å². The predicted octanol–water partition coefficient (Wildman–Crippen LogP) is 4.13. The molecule has 3 rings (SSSR count). The molecule has 0 atom stereocenters. The lowest BCUT2D eigenvalue weighted by Gasteiger charge is -2.03. The minimum Gasteiger partial charge on any atom is -0.497 e. The second-order valence-corrected chi connectivity index (χ2v) is 5.96. The van der Waals surface area contributed by atoms with Crippen molar-refractivity contribution in [1.29, 1.82) is 0 Å². The third-order valence-electron chi connectivity index (χ3n) is 3.28. The van der Waals surface area contributed by atoms with E-state index in [2.05, 4.69) is 38.9 Å². The molecule has 0 radical (unpaired) electrons. The maximum Gasteiger partial charge on any atom is 0.222 e. The monoisotopic (exact) mass is 311 g/mol. The van der Waals surface area contributed by atoms with E-state index in [0.29, 0.717) is 5.95 Å². The molecule has 112 valence electrons. The zero-order valence-electron chi connectivity index (χ0n) is 12.5. The van der Waals surface area contributed by atoms with Crippen LogP contribution in [0.15, 0.2) is 48.1 Å². The van der Waals surface area contributed by atoms with E-state index in [4.69, 9.17) is 4.74 Å². The van der Waals surface area contributed by atoms with Crippen LogP contribution < -0.4 is 10.1 Å². The van der Waals surface area contributed by atoms with Crippen molar-refractivity contribution >= 4 is 17.3 Å². The number of hydrogen-bond acceptors (Lipinski definition) is 5. The lowest BCUT2D eigenvalue weighted by Crippen LogP contribution is -2.01. The van der Waals surface area contributed by atoms with Gasteiger partial charge in [0.25, 0.3) is 0 Å². The Balaban J connectivity index is 1.66. The molecular formula is C17H17N3OS. The highest BCUT2D eigenvalue weighted by atomic mass is 32.1. The summed E-state index contributed by atoms with van der Waals surface area (Å²) in [6, 6.07) is 10.3. The van der Waals surface area contributed by atoms with Gasteiger partial charge in [-0.3, -0.25) is 0 Å². The molecule has 0 fully saturated rings. The standard InChI is InChI=1S/C17H17N3OS/c1-12-8-18-17(19-9-12)20-10-16-7-14(11-22-16)13-3-5-15(21-2)6-4-13/h3-9,11H,10H2,1-2H3,(H,18,19,20). The fraction of sp³-hybridized carbons (Fsp3) is 0.176. The summed E-state index contributed by atoms with van der Waals surface area (Å²) in [5.41, 5.74) is 3.47. The summed E-state index contributed by atoms with van der Waals surface area (Å²) in [7, 11) is 1.68. The van der Waals surface area contributed by atoms with Crippen LogP contribution in [0.4, 0.5) is 5.95 Å². The van der Waals surface area contributed by atoms with Gasteiger partial charge in [0.2, 0.25) is 5.95 Å². The van der Waals surface area contributed by atoms with E-state index in [1.807, 2.05) is 31.5 Å². The summed E-state index contributed by atoms with van der Waals surface area (Å²) in [4.78, 5) is 9.74. The summed E-state index contributed by atoms with van der Waals surface area (Å²) < 4.78 is 5.18. The van der Waals surface area contributed by atoms with Crippen LogP contribution in [0.25, 0.3) is 11.1 Å². The number of aromatic nitrogens is 2. The molecule has 3 aromatic rings. The molecule has 0 saturated carbocycles. The fourth-order valence-corrected chi connectivity index (χ4v) is 2.89. The van der Waals surface area contributed by atoms with Gasteiger partial charge in [-0.25, -0.2) is 9.97 Å². The summed E-state index contributed by atoms with van der Waals surface area (Å²) >= 11 is 1.73. The van der Waals surface area contributed by atoms with Crippen LogP contribution in [0.2, 0.25) is 0 Å². The van der Waals surface area contributed by atoms with Gasteiger partial charge in [0.1, 0.15) is 5.75 Å². The van der Waals surface area contributed by atoms with Gasteiger partial charge in [-0.05, 0) is 47.2 Å². The van der Waals surface area contributed by atoms with Crippen molar-refractivity contribution in [2.75, 3.05) is 12.4 Å². The van der Waals surface area contributed by atoms with Crippen LogP contribution in [0, 0.1) is 6.92 Å². The molecule has 5 heteroatoms. The average molecular weight is 311 g/mol. The summed E-state index contributed by atoms with van der Waals surface area (Å²) in [5.74, 6) is 1.53. The van der Waals surface area contributed by atoms with Crippen LogP contribution >= 0.6 is 11.3 Å². The van der Waals surface area contributed by atoms with Gasteiger partial charge in [-0.2, -0.15) is 0 Å². The van der Waals surface area contributed by atoms with E-state index < -0.39 is 0 Å². The molecule has 0 aliphatic heterocycles. The van der Waals surface area contributed by atoms with Gasteiger partial charge < -0.3 is 10.1 Å². The minimum atomic E-state index is 0.657. The van der Waals surface area contributed by atoms with E-state index in [0.717, 1.165) is 17.9 Å². The molecule has 1 N–H and O–H groups in total. The summed E-state index contributed by atoms with van der Waals surface area (Å²) in [5, 5.41) is 5.40. The van der Waals surface area contributed by atoms with Gasteiger partial charge >= 0.3 is 0 Å². The van der Waals surface area contributed by atoms with Crippen LogP contribution in [0.1, 0.15) is 10.4 Å². The highest BCUT2D eigenvalue weighted by Gasteiger charge is 2.04. The number of rotatable bonds is 5.